The fraction of sp³-hybridized carbons (Fsp3) is 0.400. The minimum absolute atomic E-state index is 0.114. The van der Waals surface area contributed by atoms with Gasteiger partial charge in [-0.25, -0.2) is 4.79 Å². The molecular weight excluding hydrogens is 360 g/mol. The smallest absolute Gasteiger partial charge is 0.418 e. The maximum absolute atomic E-state index is 12.6. The number of carbonyl (C=O) groups is 3. The van der Waals surface area contributed by atoms with Crippen molar-refractivity contribution in [1.82, 2.24) is 15.2 Å². The lowest BCUT2D eigenvalue weighted by atomic mass is 10.0. The van der Waals surface area contributed by atoms with Gasteiger partial charge in [0, 0.05) is 17.1 Å². The first-order chi connectivity index (χ1) is 13.4. The quantitative estimate of drug-likeness (QED) is 0.712. The average Bonchev–Trinajstić information content (AvgIpc) is 3.08. The van der Waals surface area contributed by atoms with E-state index in [1.54, 1.807) is 37.4 Å². The van der Waals surface area contributed by atoms with Gasteiger partial charge in [0.15, 0.2) is 0 Å². The first-order valence-electron chi connectivity index (χ1n) is 9.11. The van der Waals surface area contributed by atoms with Gasteiger partial charge in [0.25, 0.3) is 5.91 Å². The zero-order valence-corrected chi connectivity index (χ0v) is 16.2. The number of nitrogens with one attached hydrogen (secondary N) is 2. The Kier molecular flexibility index (Phi) is 7.15. The Morgan fingerprint density at radius 2 is 2.00 bits per heavy atom. The molecule has 2 N–H and O–H groups in total. The van der Waals surface area contributed by atoms with E-state index < -0.39 is 23.9 Å². The number of nitriles is 1. The number of rotatable bonds is 7. The summed E-state index contributed by atoms with van der Waals surface area (Å²) in [6.45, 7) is 5.77. The molecule has 8 nitrogen and oxygen atoms in total. The minimum atomic E-state index is -0.735. The van der Waals surface area contributed by atoms with Crippen molar-refractivity contribution < 1.29 is 19.1 Å². The van der Waals surface area contributed by atoms with Crippen molar-refractivity contribution >= 4 is 28.8 Å². The minimum Gasteiger partial charge on any atom is -0.449 e. The molecule has 1 unspecified atom stereocenters. The zero-order valence-electron chi connectivity index (χ0n) is 16.2. The summed E-state index contributed by atoms with van der Waals surface area (Å²) < 4.78 is 6.37. The molecule has 28 heavy (non-hydrogen) atoms. The number of aromatic nitrogens is 1. The summed E-state index contributed by atoms with van der Waals surface area (Å²) in [5.74, 6) is -0.610. The molecule has 0 aliphatic rings. The highest BCUT2D eigenvalue weighted by Gasteiger charge is 2.22. The molecule has 0 fully saturated rings. The largest absolute Gasteiger partial charge is 0.449 e. The van der Waals surface area contributed by atoms with E-state index in [-0.39, 0.29) is 19.1 Å². The van der Waals surface area contributed by atoms with Crippen molar-refractivity contribution in [2.24, 2.45) is 5.92 Å². The first kappa shape index (κ1) is 21.0. The van der Waals surface area contributed by atoms with E-state index in [0.717, 1.165) is 0 Å². The SMILES string of the molecule is CCOC(=O)n1ccc2cc(C(=O)NC(CC(C)C)C(=O)NCC#N)ccc21. The molecule has 0 saturated heterocycles. The third-order valence-corrected chi connectivity index (χ3v) is 4.09. The van der Waals surface area contributed by atoms with Crippen LogP contribution < -0.4 is 10.6 Å². The fourth-order valence-electron chi connectivity index (χ4n) is 2.83. The van der Waals surface area contributed by atoms with Gasteiger partial charge < -0.3 is 15.4 Å². The van der Waals surface area contributed by atoms with E-state index in [4.69, 9.17) is 10.00 Å². The molecule has 0 radical (unpaired) electrons. The summed E-state index contributed by atoms with van der Waals surface area (Å²) in [6.07, 6.45) is 1.55. The maximum atomic E-state index is 12.6. The van der Waals surface area contributed by atoms with Crippen LogP contribution in [0.1, 0.15) is 37.6 Å². The molecule has 1 heterocycles. The van der Waals surface area contributed by atoms with Gasteiger partial charge in [-0.3, -0.25) is 14.2 Å². The van der Waals surface area contributed by atoms with Crippen LogP contribution in [0.25, 0.3) is 10.9 Å². The van der Waals surface area contributed by atoms with E-state index in [2.05, 4.69) is 10.6 Å². The monoisotopic (exact) mass is 384 g/mol. The van der Waals surface area contributed by atoms with Gasteiger partial charge in [0.1, 0.15) is 12.6 Å². The van der Waals surface area contributed by atoms with E-state index in [9.17, 15) is 14.4 Å². The number of amides is 2. The van der Waals surface area contributed by atoms with Crippen molar-refractivity contribution in [3.05, 3.63) is 36.0 Å². The highest BCUT2D eigenvalue weighted by molar-refractivity contribution is 6.01. The van der Waals surface area contributed by atoms with Crippen molar-refractivity contribution in [2.75, 3.05) is 13.2 Å². The van der Waals surface area contributed by atoms with Crippen LogP contribution in [0.3, 0.4) is 0 Å². The summed E-state index contributed by atoms with van der Waals surface area (Å²) in [6, 6.07) is 7.73. The van der Waals surface area contributed by atoms with E-state index in [1.807, 2.05) is 19.9 Å². The Labute approximate surface area is 163 Å². The molecule has 0 spiro atoms. The molecule has 0 bridgehead atoms. The highest BCUT2D eigenvalue weighted by atomic mass is 16.5. The molecule has 0 saturated carbocycles. The number of fused-ring (bicyclic) bond motifs is 1. The molecule has 1 aromatic heterocycles. The summed E-state index contributed by atoms with van der Waals surface area (Å²) >= 11 is 0. The van der Waals surface area contributed by atoms with Crippen LogP contribution in [0.2, 0.25) is 0 Å². The second-order valence-corrected chi connectivity index (χ2v) is 6.69. The first-order valence-corrected chi connectivity index (χ1v) is 9.11. The Morgan fingerprint density at radius 3 is 2.64 bits per heavy atom. The van der Waals surface area contributed by atoms with Crippen LogP contribution in [0.15, 0.2) is 30.5 Å². The molecule has 1 atom stereocenters. The van der Waals surface area contributed by atoms with Crippen molar-refractivity contribution in [3.8, 4) is 6.07 Å². The average molecular weight is 384 g/mol. The molecule has 148 valence electrons. The third kappa shape index (κ3) is 5.10. The van der Waals surface area contributed by atoms with E-state index in [0.29, 0.717) is 22.9 Å². The van der Waals surface area contributed by atoms with Gasteiger partial charge >= 0.3 is 6.09 Å². The van der Waals surface area contributed by atoms with Crippen LogP contribution in [0.5, 0.6) is 0 Å². The Balaban J connectivity index is 2.19. The predicted octanol–water partition coefficient (Wildman–Crippen LogP) is 2.43. The Hall–Kier alpha value is -3.34. The lowest BCUT2D eigenvalue weighted by Gasteiger charge is -2.19. The number of nitrogens with zero attached hydrogens (tertiary/aromatic N) is 2. The Bertz CT molecular complexity index is 911. The van der Waals surface area contributed by atoms with Gasteiger partial charge in [-0.1, -0.05) is 13.8 Å². The standard InChI is InChI=1S/C20H24N4O4/c1-4-28-20(27)24-10-7-14-12-15(5-6-17(14)24)18(25)23-16(11-13(2)3)19(26)22-9-8-21/h5-7,10,12-13,16H,4,9,11H2,1-3H3,(H,22,26)(H,23,25). The van der Waals surface area contributed by atoms with Crippen molar-refractivity contribution in [1.29, 1.82) is 5.26 Å². The number of ether oxygens (including phenoxy) is 1. The van der Waals surface area contributed by atoms with Crippen LogP contribution >= 0.6 is 0 Å². The van der Waals surface area contributed by atoms with Gasteiger partial charge in [-0.2, -0.15) is 5.26 Å². The van der Waals surface area contributed by atoms with Crippen LogP contribution in [0, 0.1) is 17.2 Å². The second kappa shape index (κ2) is 9.55. The van der Waals surface area contributed by atoms with Gasteiger partial charge in [0.05, 0.1) is 18.2 Å². The zero-order chi connectivity index (χ0) is 20.7. The summed E-state index contributed by atoms with van der Waals surface area (Å²) in [5, 5.41) is 14.5. The summed E-state index contributed by atoms with van der Waals surface area (Å²) in [4.78, 5) is 36.8. The normalized spacial score (nSPS) is 11.7. The molecule has 2 amide bonds. The number of benzene rings is 1. The molecular formula is C20H24N4O4. The molecule has 2 rings (SSSR count). The lowest BCUT2D eigenvalue weighted by Crippen LogP contribution is -2.47. The van der Waals surface area contributed by atoms with Crippen molar-refractivity contribution in [2.45, 2.75) is 33.2 Å². The molecule has 1 aromatic carbocycles. The van der Waals surface area contributed by atoms with E-state index >= 15 is 0 Å². The molecule has 0 aliphatic carbocycles. The number of hydrogen-bond donors (Lipinski definition) is 2. The molecule has 8 heteroatoms. The topological polar surface area (TPSA) is 113 Å². The lowest BCUT2D eigenvalue weighted by molar-refractivity contribution is -0.123. The van der Waals surface area contributed by atoms with Gasteiger partial charge in [0.2, 0.25) is 5.91 Å². The predicted molar refractivity (Wildman–Crippen MR) is 104 cm³/mol. The number of hydrogen-bond acceptors (Lipinski definition) is 5. The second-order valence-electron chi connectivity index (χ2n) is 6.69. The Morgan fingerprint density at radius 1 is 1.25 bits per heavy atom. The van der Waals surface area contributed by atoms with Gasteiger partial charge in [-0.05, 0) is 43.5 Å². The molecule has 2 aromatic rings. The van der Waals surface area contributed by atoms with Crippen LogP contribution in [-0.4, -0.2) is 41.7 Å². The van der Waals surface area contributed by atoms with Crippen molar-refractivity contribution in [3.63, 3.8) is 0 Å². The molecule has 0 aliphatic heterocycles. The fourth-order valence-corrected chi connectivity index (χ4v) is 2.83. The van der Waals surface area contributed by atoms with Gasteiger partial charge in [-0.15, -0.1) is 0 Å². The van der Waals surface area contributed by atoms with Crippen LogP contribution in [-0.2, 0) is 9.53 Å². The summed E-state index contributed by atoms with van der Waals surface area (Å²) in [5.41, 5.74) is 0.997. The van der Waals surface area contributed by atoms with E-state index in [1.165, 1.54) is 4.57 Å². The highest BCUT2D eigenvalue weighted by Crippen LogP contribution is 2.18. The number of carbonyl (C=O) groups excluding carboxylic acids is 3. The maximum Gasteiger partial charge on any atom is 0.418 e. The summed E-state index contributed by atoms with van der Waals surface area (Å²) in [7, 11) is 0. The third-order valence-electron chi connectivity index (χ3n) is 4.09. The van der Waals surface area contributed by atoms with Crippen LogP contribution in [0.4, 0.5) is 4.79 Å².